The van der Waals surface area contributed by atoms with Crippen molar-refractivity contribution >= 4 is 45.4 Å². The van der Waals surface area contributed by atoms with Crippen LogP contribution in [0, 0.1) is 0 Å². The largest absolute Gasteiger partial charge is 0.508 e. The van der Waals surface area contributed by atoms with Crippen molar-refractivity contribution in [3.8, 4) is 5.75 Å². The number of pyridine rings is 1. The van der Waals surface area contributed by atoms with E-state index < -0.39 is 0 Å². The predicted molar refractivity (Wildman–Crippen MR) is 113 cm³/mol. The third-order valence-corrected chi connectivity index (χ3v) is 5.06. The van der Waals surface area contributed by atoms with E-state index in [1.165, 1.54) is 6.07 Å². The summed E-state index contributed by atoms with van der Waals surface area (Å²) >= 11 is 0. The van der Waals surface area contributed by atoms with E-state index in [0.717, 1.165) is 48.4 Å². The molecule has 0 spiro atoms. The van der Waals surface area contributed by atoms with E-state index in [1.807, 2.05) is 16.5 Å². The number of rotatable bonds is 6. The van der Waals surface area contributed by atoms with E-state index in [2.05, 4.69) is 29.0 Å². The smallest absolute Gasteiger partial charge is 0.199 e. The van der Waals surface area contributed by atoms with Crippen molar-refractivity contribution in [3.05, 3.63) is 46.9 Å². The summed E-state index contributed by atoms with van der Waals surface area (Å²) in [4.78, 5) is 19.9. The van der Waals surface area contributed by atoms with Crippen LogP contribution in [0.1, 0.15) is 13.8 Å². The van der Waals surface area contributed by atoms with Gasteiger partial charge in [-0.2, -0.15) is 0 Å². The Morgan fingerprint density at radius 3 is 2.70 bits per heavy atom. The van der Waals surface area contributed by atoms with Crippen molar-refractivity contribution in [2.45, 2.75) is 13.8 Å². The van der Waals surface area contributed by atoms with Crippen LogP contribution < -0.4 is 10.7 Å². The van der Waals surface area contributed by atoms with Gasteiger partial charge < -0.3 is 15.3 Å². The average Bonchev–Trinajstić information content (AvgIpc) is 3.08. The Hall–Kier alpha value is -2.57. The van der Waals surface area contributed by atoms with Crippen LogP contribution >= 0.6 is 12.4 Å². The molecule has 7 heteroatoms. The van der Waals surface area contributed by atoms with Crippen LogP contribution in [0.5, 0.6) is 5.75 Å². The predicted octanol–water partition coefficient (Wildman–Crippen LogP) is 3.32. The maximum Gasteiger partial charge on any atom is 0.199 e. The van der Waals surface area contributed by atoms with Crippen LogP contribution in [-0.4, -0.2) is 45.6 Å². The maximum absolute atomic E-state index is 13.2. The number of hydrogen-bond acceptors (Lipinski definition) is 5. The molecule has 0 atom stereocenters. The third kappa shape index (κ3) is 3.15. The van der Waals surface area contributed by atoms with Crippen LogP contribution in [0.4, 0.5) is 5.69 Å². The molecule has 4 aromatic rings. The molecule has 0 aliphatic carbocycles. The zero-order valence-corrected chi connectivity index (χ0v) is 16.2. The fourth-order valence-corrected chi connectivity index (χ4v) is 3.60. The van der Waals surface area contributed by atoms with Crippen molar-refractivity contribution in [3.63, 3.8) is 0 Å². The molecule has 2 heterocycles. The summed E-state index contributed by atoms with van der Waals surface area (Å²) in [5, 5.41) is 14.4. The highest BCUT2D eigenvalue weighted by molar-refractivity contribution is 6.07. The number of nitrogens with zero attached hydrogens (tertiary/aromatic N) is 3. The minimum absolute atomic E-state index is 0. The quantitative estimate of drug-likeness (QED) is 0.497. The van der Waals surface area contributed by atoms with Gasteiger partial charge in [0.2, 0.25) is 0 Å². The molecule has 2 aromatic carbocycles. The molecule has 0 aliphatic rings. The Bertz CT molecular complexity index is 1140. The SMILES string of the molecule is CCN(CC)CCNc1ccc2ncn3c4ccc(O)cc4c(=O)c1c23.Cl. The Kier molecular flexibility index (Phi) is 5.39. The van der Waals surface area contributed by atoms with Gasteiger partial charge >= 0.3 is 0 Å². The number of aromatic nitrogens is 2. The molecule has 2 N–H and O–H groups in total. The molecular formula is C20H23ClN4O2. The van der Waals surface area contributed by atoms with Gasteiger partial charge in [-0.3, -0.25) is 9.20 Å². The molecule has 2 aromatic heterocycles. The number of phenolic OH excluding ortho intramolecular Hbond substituents is 1. The van der Waals surface area contributed by atoms with Crippen LogP contribution in [-0.2, 0) is 0 Å². The number of hydrogen-bond donors (Lipinski definition) is 2. The number of likely N-dealkylation sites (N-methyl/N-ethyl adjacent to an activating group) is 1. The molecule has 0 saturated carbocycles. The lowest BCUT2D eigenvalue weighted by molar-refractivity contribution is 0.316. The van der Waals surface area contributed by atoms with Gasteiger partial charge in [0.1, 0.15) is 12.1 Å². The summed E-state index contributed by atoms with van der Waals surface area (Å²) in [7, 11) is 0. The molecule has 0 bridgehead atoms. The number of aromatic hydroxyl groups is 1. The van der Waals surface area contributed by atoms with Gasteiger partial charge in [-0.25, -0.2) is 4.98 Å². The molecule has 0 fully saturated rings. The molecule has 142 valence electrons. The van der Waals surface area contributed by atoms with E-state index in [-0.39, 0.29) is 23.6 Å². The number of anilines is 1. The second kappa shape index (κ2) is 7.58. The minimum atomic E-state index is -0.0835. The molecule has 27 heavy (non-hydrogen) atoms. The minimum Gasteiger partial charge on any atom is -0.508 e. The first-order valence-electron chi connectivity index (χ1n) is 8.98. The van der Waals surface area contributed by atoms with E-state index in [0.29, 0.717) is 10.8 Å². The Morgan fingerprint density at radius 2 is 1.96 bits per heavy atom. The number of nitrogens with one attached hydrogen (secondary N) is 1. The lowest BCUT2D eigenvalue weighted by atomic mass is 10.1. The zero-order chi connectivity index (χ0) is 18.3. The normalized spacial score (nSPS) is 11.5. The van der Waals surface area contributed by atoms with Gasteiger partial charge in [-0.15, -0.1) is 12.4 Å². The van der Waals surface area contributed by atoms with Crippen molar-refractivity contribution < 1.29 is 5.11 Å². The maximum atomic E-state index is 13.2. The fraction of sp³-hybridized carbons (Fsp3) is 0.300. The standard InChI is InChI=1S/C20H22N4O2.ClH/c1-3-23(4-2)10-9-21-15-6-7-16-19-18(15)20(26)14-11-13(25)5-8-17(14)24(19)12-22-16;/h5-8,11-12,21,25H,3-4,9-10H2,1-2H3;1H. The average molecular weight is 387 g/mol. The molecule has 0 radical (unpaired) electrons. The molecule has 6 nitrogen and oxygen atoms in total. The summed E-state index contributed by atoms with van der Waals surface area (Å²) in [5.74, 6) is 0.0869. The highest BCUT2D eigenvalue weighted by Gasteiger charge is 2.16. The zero-order valence-electron chi connectivity index (χ0n) is 15.4. The number of imidazole rings is 1. The summed E-state index contributed by atoms with van der Waals surface area (Å²) in [6, 6.07) is 8.73. The first-order valence-corrected chi connectivity index (χ1v) is 8.98. The van der Waals surface area contributed by atoms with Crippen LogP contribution in [0.3, 0.4) is 0 Å². The molecule has 0 amide bonds. The van der Waals surface area contributed by atoms with Gasteiger partial charge in [-0.1, -0.05) is 13.8 Å². The summed E-state index contributed by atoms with van der Waals surface area (Å²) < 4.78 is 1.93. The highest BCUT2D eigenvalue weighted by Crippen LogP contribution is 2.29. The topological polar surface area (TPSA) is 69.9 Å². The Balaban J connectivity index is 0.00000210. The van der Waals surface area contributed by atoms with Crippen LogP contribution in [0.25, 0.3) is 27.3 Å². The lowest BCUT2D eigenvalue weighted by Gasteiger charge is -2.19. The first kappa shape index (κ1) is 19.2. The van der Waals surface area contributed by atoms with Crippen molar-refractivity contribution in [1.82, 2.24) is 14.3 Å². The molecular weight excluding hydrogens is 364 g/mol. The fourth-order valence-electron chi connectivity index (χ4n) is 3.60. The van der Waals surface area contributed by atoms with Crippen molar-refractivity contribution in [2.75, 3.05) is 31.5 Å². The van der Waals surface area contributed by atoms with Gasteiger partial charge in [0.15, 0.2) is 5.43 Å². The number of benzene rings is 2. The van der Waals surface area contributed by atoms with Gasteiger partial charge in [0.25, 0.3) is 0 Å². The Morgan fingerprint density at radius 1 is 1.19 bits per heavy atom. The van der Waals surface area contributed by atoms with E-state index >= 15 is 0 Å². The molecule has 0 saturated heterocycles. The number of phenols is 1. The second-order valence-corrected chi connectivity index (χ2v) is 6.45. The van der Waals surface area contributed by atoms with Crippen LogP contribution in [0.2, 0.25) is 0 Å². The number of fused-ring (bicyclic) bond motifs is 2. The van der Waals surface area contributed by atoms with Crippen molar-refractivity contribution in [2.24, 2.45) is 0 Å². The van der Waals surface area contributed by atoms with Crippen LogP contribution in [0.15, 0.2) is 41.5 Å². The monoisotopic (exact) mass is 386 g/mol. The van der Waals surface area contributed by atoms with E-state index in [9.17, 15) is 9.90 Å². The second-order valence-electron chi connectivity index (χ2n) is 6.45. The van der Waals surface area contributed by atoms with Gasteiger partial charge in [0.05, 0.1) is 27.3 Å². The molecule has 0 aliphatic heterocycles. The Labute approximate surface area is 163 Å². The van der Waals surface area contributed by atoms with E-state index in [1.54, 1.807) is 18.5 Å². The first-order chi connectivity index (χ1) is 12.6. The summed E-state index contributed by atoms with van der Waals surface area (Å²) in [6.45, 7) is 7.96. The van der Waals surface area contributed by atoms with E-state index in [4.69, 9.17) is 0 Å². The highest BCUT2D eigenvalue weighted by atomic mass is 35.5. The van der Waals surface area contributed by atoms with Gasteiger partial charge in [0, 0.05) is 18.8 Å². The molecule has 4 rings (SSSR count). The molecule has 0 unspecified atom stereocenters. The van der Waals surface area contributed by atoms with Gasteiger partial charge in [-0.05, 0) is 43.4 Å². The third-order valence-electron chi connectivity index (χ3n) is 5.06. The summed E-state index contributed by atoms with van der Waals surface area (Å²) in [5.41, 5.74) is 3.09. The lowest BCUT2D eigenvalue weighted by Crippen LogP contribution is -2.28. The van der Waals surface area contributed by atoms with Crippen molar-refractivity contribution in [1.29, 1.82) is 0 Å². The summed E-state index contributed by atoms with van der Waals surface area (Å²) in [6.07, 6.45) is 1.73. The number of halogens is 1.